The summed E-state index contributed by atoms with van der Waals surface area (Å²) in [4.78, 5) is 2.13. The number of anilines is 1. The Bertz CT molecular complexity index is 1010. The lowest BCUT2D eigenvalue weighted by Gasteiger charge is -2.28. The van der Waals surface area contributed by atoms with Gasteiger partial charge in [0, 0.05) is 31.9 Å². The highest BCUT2D eigenvalue weighted by molar-refractivity contribution is 6.04. The van der Waals surface area contributed by atoms with Gasteiger partial charge in [0.15, 0.2) is 5.71 Å². The Kier molecular flexibility index (Phi) is 12.4. The molecular formula is C27H35BrCl2N3-. The Morgan fingerprint density at radius 3 is 1.64 bits per heavy atom. The van der Waals surface area contributed by atoms with Gasteiger partial charge >= 0.3 is 0 Å². The smallest absolute Gasteiger partial charge is 0.199 e. The van der Waals surface area contributed by atoms with Crippen molar-refractivity contribution in [1.82, 2.24) is 4.48 Å². The second-order valence-corrected chi connectivity index (χ2v) is 8.81. The van der Waals surface area contributed by atoms with Crippen LogP contribution in [0.25, 0.3) is 5.57 Å². The van der Waals surface area contributed by atoms with Crippen molar-refractivity contribution in [3.63, 3.8) is 0 Å². The van der Waals surface area contributed by atoms with Crippen molar-refractivity contribution in [1.29, 1.82) is 0 Å². The molecule has 0 saturated heterocycles. The van der Waals surface area contributed by atoms with Gasteiger partial charge in [-0.05, 0) is 77.7 Å². The molecule has 0 aromatic heterocycles. The van der Waals surface area contributed by atoms with Crippen molar-refractivity contribution >= 4 is 22.7 Å². The number of halogens is 3. The van der Waals surface area contributed by atoms with Crippen molar-refractivity contribution in [2.45, 2.75) is 6.92 Å². The maximum atomic E-state index is 2.27. The Morgan fingerprint density at radius 1 is 0.788 bits per heavy atom. The fourth-order valence-electron chi connectivity index (χ4n) is 3.57. The van der Waals surface area contributed by atoms with E-state index in [1.54, 1.807) is 0 Å². The van der Waals surface area contributed by atoms with Gasteiger partial charge in [-0.25, -0.2) is 4.58 Å². The van der Waals surface area contributed by atoms with Crippen LogP contribution < -0.4 is 51.2 Å². The number of benzene rings is 2. The maximum absolute atomic E-state index is 2.27. The molecule has 0 spiro atoms. The topological polar surface area (TPSA) is 6.25 Å². The fraction of sp³-hybridized carbons (Fsp3) is 0.296. The molecule has 3 rings (SSSR count). The summed E-state index contributed by atoms with van der Waals surface area (Å²) in [7, 11) is 12.8. The second-order valence-electron chi connectivity index (χ2n) is 8.81. The van der Waals surface area contributed by atoms with Crippen molar-refractivity contribution in [3.05, 3.63) is 89.5 Å². The van der Waals surface area contributed by atoms with E-state index in [0.29, 0.717) is 0 Å². The minimum atomic E-state index is 0. The van der Waals surface area contributed by atoms with Crippen LogP contribution in [-0.2, 0) is 0 Å². The van der Waals surface area contributed by atoms with Crippen molar-refractivity contribution in [2.24, 2.45) is 0 Å². The molecule has 1 aliphatic rings. The first-order valence-corrected chi connectivity index (χ1v) is 10.6. The van der Waals surface area contributed by atoms with Gasteiger partial charge in [0.1, 0.15) is 19.8 Å². The van der Waals surface area contributed by atoms with Gasteiger partial charge in [-0.2, -0.15) is 0 Å². The zero-order valence-electron chi connectivity index (χ0n) is 20.6. The van der Waals surface area contributed by atoms with E-state index < -0.39 is 0 Å². The van der Waals surface area contributed by atoms with Gasteiger partial charge in [0.05, 0.1) is 20.6 Å². The molecule has 180 valence electrons. The van der Waals surface area contributed by atoms with E-state index in [1.807, 2.05) is 0 Å². The fourth-order valence-corrected chi connectivity index (χ4v) is 3.57. The Labute approximate surface area is 223 Å². The maximum Gasteiger partial charge on any atom is 0.199 e. The molecule has 0 N–H and O–H groups in total. The highest BCUT2D eigenvalue weighted by Crippen LogP contribution is 2.32. The summed E-state index contributed by atoms with van der Waals surface area (Å²) in [6, 6.07) is 17.9. The van der Waals surface area contributed by atoms with Crippen molar-refractivity contribution in [3.8, 4) is 0 Å². The standard InChI is InChI=1S/C27H35N3.BrH.2ClH/c1-8-30(6,7)26-19-13-23(14-20-26)27(21-9-15-24(16-10-21)28(2)3)22-11-17-25(18-12-22)29(4)5;;;/h9-20H,8H2,1-7H3;3*1H/q+2;;;/p-3. The summed E-state index contributed by atoms with van der Waals surface area (Å²) in [5.41, 5.74) is 8.71. The minimum absolute atomic E-state index is 0. The lowest BCUT2D eigenvalue weighted by atomic mass is 9.90. The number of hydrogen-bond donors (Lipinski definition) is 0. The summed E-state index contributed by atoms with van der Waals surface area (Å²) in [5.74, 6) is 0. The van der Waals surface area contributed by atoms with Gasteiger partial charge in [-0.15, -0.1) is 0 Å². The predicted octanol–water partition coefficient (Wildman–Crippen LogP) is -4.01. The third-order valence-electron chi connectivity index (χ3n) is 5.99. The predicted molar refractivity (Wildman–Crippen MR) is 133 cm³/mol. The van der Waals surface area contributed by atoms with Crippen LogP contribution >= 0.6 is 0 Å². The highest BCUT2D eigenvalue weighted by Gasteiger charge is 2.18. The number of rotatable bonds is 5. The van der Waals surface area contributed by atoms with Crippen molar-refractivity contribution in [2.75, 3.05) is 53.7 Å². The summed E-state index contributed by atoms with van der Waals surface area (Å²) in [6.07, 6.45) is 8.83. The normalized spacial score (nSPS) is 12.3. The molecule has 0 unspecified atom stereocenters. The third-order valence-corrected chi connectivity index (χ3v) is 5.99. The van der Waals surface area contributed by atoms with E-state index >= 15 is 0 Å². The van der Waals surface area contributed by atoms with Gasteiger partial charge in [-0.1, -0.05) is 12.1 Å². The highest BCUT2D eigenvalue weighted by atomic mass is 79.9. The van der Waals surface area contributed by atoms with E-state index in [0.717, 1.165) is 11.0 Å². The summed E-state index contributed by atoms with van der Waals surface area (Å²) < 4.78 is 3.01. The Morgan fingerprint density at radius 2 is 1.24 bits per heavy atom. The molecule has 3 nitrogen and oxygen atoms in total. The third kappa shape index (κ3) is 7.31. The van der Waals surface area contributed by atoms with Crippen molar-refractivity contribution < 1.29 is 46.4 Å². The molecule has 0 fully saturated rings. The molecule has 33 heavy (non-hydrogen) atoms. The van der Waals surface area contributed by atoms with Crippen LogP contribution in [0.2, 0.25) is 0 Å². The largest absolute Gasteiger partial charge is 1.00 e. The first-order valence-electron chi connectivity index (χ1n) is 10.6. The molecule has 2 aromatic carbocycles. The van der Waals surface area contributed by atoms with Crippen LogP contribution in [-0.4, -0.2) is 59.1 Å². The van der Waals surface area contributed by atoms with E-state index in [9.17, 15) is 0 Å². The van der Waals surface area contributed by atoms with Crippen LogP contribution in [0.5, 0.6) is 0 Å². The van der Waals surface area contributed by atoms with Gasteiger partial charge in [0.2, 0.25) is 0 Å². The quantitative estimate of drug-likeness (QED) is 0.271. The monoisotopic (exact) mass is 550 g/mol. The van der Waals surface area contributed by atoms with Gasteiger partial charge < -0.3 is 46.7 Å². The van der Waals surface area contributed by atoms with Crippen LogP contribution in [0, 0.1) is 0 Å². The van der Waals surface area contributed by atoms with Crippen LogP contribution in [0.3, 0.4) is 0 Å². The number of quaternary nitrogens is 1. The van der Waals surface area contributed by atoms with E-state index in [4.69, 9.17) is 0 Å². The zero-order chi connectivity index (χ0) is 21.9. The number of nitrogens with zero attached hydrogens (tertiary/aromatic N) is 3. The SMILES string of the molecule is CC[N+](C)(C)c1ccc(C(=C2C=CC(=[N+](C)C)C=C2)c2ccc(N(C)C)cc2)cc1.[Br-].[Cl-].[Cl-]. The summed E-state index contributed by atoms with van der Waals surface area (Å²) >= 11 is 0. The summed E-state index contributed by atoms with van der Waals surface area (Å²) in [6.45, 7) is 3.29. The van der Waals surface area contributed by atoms with Gasteiger partial charge in [-0.3, -0.25) is 4.48 Å². The molecule has 0 aliphatic heterocycles. The first kappa shape index (κ1) is 31.1. The lowest BCUT2D eigenvalue weighted by molar-refractivity contribution is -0.462. The molecule has 0 atom stereocenters. The Balaban J connectivity index is 0.00000341. The van der Waals surface area contributed by atoms with E-state index in [2.05, 4.69) is 132 Å². The molecule has 0 saturated carbocycles. The first-order chi connectivity index (χ1) is 14.2. The minimum Gasteiger partial charge on any atom is -1.00 e. The average molecular weight is 552 g/mol. The lowest BCUT2D eigenvalue weighted by Crippen LogP contribution is -3.00. The van der Waals surface area contributed by atoms with E-state index in [-0.39, 0.29) is 41.8 Å². The molecule has 0 heterocycles. The molecule has 0 bridgehead atoms. The van der Waals surface area contributed by atoms with Crippen LogP contribution in [0.4, 0.5) is 11.4 Å². The molecule has 2 aromatic rings. The van der Waals surface area contributed by atoms with Crippen LogP contribution in [0.15, 0.2) is 78.4 Å². The van der Waals surface area contributed by atoms with Gasteiger partial charge in [0.25, 0.3) is 0 Å². The number of hydrogen-bond acceptors (Lipinski definition) is 1. The molecule has 0 amide bonds. The summed E-state index contributed by atoms with van der Waals surface area (Å²) in [5, 5.41) is 0. The molecule has 6 heteroatoms. The molecule has 1 aliphatic carbocycles. The number of allylic oxidation sites excluding steroid dienone is 5. The zero-order valence-corrected chi connectivity index (χ0v) is 23.7. The molecular weight excluding hydrogens is 517 g/mol. The average Bonchev–Trinajstić information content (AvgIpc) is 2.75. The van der Waals surface area contributed by atoms with E-state index in [1.165, 1.54) is 39.4 Å². The second kappa shape index (κ2) is 13.1. The van der Waals surface area contributed by atoms with Crippen LogP contribution in [0.1, 0.15) is 18.1 Å². The molecule has 0 radical (unpaired) electrons. The Hall–Kier alpha value is -1.85.